The van der Waals surface area contributed by atoms with E-state index in [1.807, 2.05) is 30.9 Å². The number of halogens is 3. The fraction of sp³-hybridized carbons (Fsp3) is 0.400. The van der Waals surface area contributed by atoms with Crippen molar-refractivity contribution < 1.29 is 13.2 Å². The lowest BCUT2D eigenvalue weighted by Gasteiger charge is -2.35. The highest BCUT2D eigenvalue weighted by atomic mass is 32.1. The zero-order chi connectivity index (χ0) is 20.3. The van der Waals surface area contributed by atoms with Crippen LogP contribution in [0.3, 0.4) is 0 Å². The van der Waals surface area contributed by atoms with Crippen LogP contribution < -0.4 is 10.6 Å². The average molecular weight is 408 g/mol. The van der Waals surface area contributed by atoms with Gasteiger partial charge >= 0.3 is 6.18 Å². The maximum atomic E-state index is 12.9. The van der Waals surface area contributed by atoms with E-state index >= 15 is 0 Å². The van der Waals surface area contributed by atoms with Gasteiger partial charge in [0.2, 0.25) is 0 Å². The van der Waals surface area contributed by atoms with Gasteiger partial charge in [0.25, 0.3) is 0 Å². The molecule has 1 unspecified atom stereocenters. The van der Waals surface area contributed by atoms with Gasteiger partial charge in [-0.25, -0.2) is 4.98 Å². The van der Waals surface area contributed by atoms with Gasteiger partial charge in [-0.3, -0.25) is 0 Å². The van der Waals surface area contributed by atoms with Crippen LogP contribution >= 0.6 is 12.2 Å². The summed E-state index contributed by atoms with van der Waals surface area (Å²) in [4.78, 5) is 6.47. The van der Waals surface area contributed by atoms with Crippen LogP contribution in [-0.2, 0) is 6.18 Å². The SMILES string of the molecule is Cc1cc(C)nc(NC(=S)N2CCCC(Nc3cccc(C(F)(F)F)c3)C2)c1. The summed E-state index contributed by atoms with van der Waals surface area (Å²) in [6.45, 7) is 5.35. The van der Waals surface area contributed by atoms with Crippen molar-refractivity contribution in [3.8, 4) is 0 Å². The van der Waals surface area contributed by atoms with Crippen molar-refractivity contribution in [3.05, 3.63) is 53.2 Å². The highest BCUT2D eigenvalue weighted by Gasteiger charge is 2.30. The summed E-state index contributed by atoms with van der Waals surface area (Å²) in [6, 6.07) is 9.24. The first-order valence-corrected chi connectivity index (χ1v) is 9.56. The number of nitrogens with zero attached hydrogens (tertiary/aromatic N) is 2. The van der Waals surface area contributed by atoms with E-state index in [0.29, 0.717) is 23.2 Å². The summed E-state index contributed by atoms with van der Waals surface area (Å²) in [5.41, 5.74) is 1.83. The Kier molecular flexibility index (Phi) is 6.07. The first-order valence-electron chi connectivity index (χ1n) is 9.16. The molecule has 2 aromatic rings. The standard InChI is InChI=1S/C20H23F3N4S/c1-13-9-14(2)24-18(10-13)26-19(28)27-8-4-7-17(12-27)25-16-6-3-5-15(11-16)20(21,22)23/h3,5-6,9-11,17,25H,4,7-8,12H2,1-2H3,(H,24,26,28). The van der Waals surface area contributed by atoms with E-state index in [9.17, 15) is 13.2 Å². The molecular weight excluding hydrogens is 385 g/mol. The zero-order valence-electron chi connectivity index (χ0n) is 15.8. The van der Waals surface area contributed by atoms with Crippen LogP contribution in [0.1, 0.15) is 29.7 Å². The minimum atomic E-state index is -4.35. The van der Waals surface area contributed by atoms with Crippen molar-refractivity contribution in [2.45, 2.75) is 38.9 Å². The predicted molar refractivity (Wildman–Crippen MR) is 110 cm³/mol. The molecule has 0 amide bonds. The Bertz CT molecular complexity index is 833. The molecule has 1 atom stereocenters. The number of pyridine rings is 1. The van der Waals surface area contributed by atoms with Gasteiger partial charge in [-0.2, -0.15) is 13.2 Å². The van der Waals surface area contributed by atoms with E-state index in [2.05, 4.69) is 15.6 Å². The Labute approximate surface area is 168 Å². The molecule has 1 saturated heterocycles. The molecule has 4 nitrogen and oxygen atoms in total. The Morgan fingerprint density at radius 3 is 2.71 bits per heavy atom. The molecule has 1 aromatic heterocycles. The number of rotatable bonds is 3. The minimum Gasteiger partial charge on any atom is -0.381 e. The van der Waals surface area contributed by atoms with Crippen LogP contribution in [0.25, 0.3) is 0 Å². The lowest BCUT2D eigenvalue weighted by Crippen LogP contribution is -2.46. The molecule has 0 radical (unpaired) electrons. The number of alkyl halides is 3. The van der Waals surface area contributed by atoms with Gasteiger partial charge in [0.15, 0.2) is 5.11 Å². The van der Waals surface area contributed by atoms with Crippen molar-refractivity contribution in [2.24, 2.45) is 0 Å². The number of likely N-dealkylation sites (tertiary alicyclic amines) is 1. The van der Waals surface area contributed by atoms with Crippen LogP contribution in [0.4, 0.5) is 24.7 Å². The lowest BCUT2D eigenvalue weighted by atomic mass is 10.1. The number of aromatic nitrogens is 1. The van der Waals surface area contributed by atoms with Crippen molar-refractivity contribution in [3.63, 3.8) is 0 Å². The molecule has 0 spiro atoms. The third kappa shape index (κ3) is 5.34. The molecule has 2 N–H and O–H groups in total. The molecule has 28 heavy (non-hydrogen) atoms. The molecule has 1 fully saturated rings. The first-order chi connectivity index (χ1) is 13.2. The number of hydrogen-bond acceptors (Lipinski definition) is 3. The molecule has 3 rings (SSSR count). The first kappa shape index (κ1) is 20.4. The van der Waals surface area contributed by atoms with Gasteiger partial charge in [-0.05, 0) is 74.8 Å². The Hall–Kier alpha value is -2.35. The molecule has 1 aliphatic rings. The largest absolute Gasteiger partial charge is 0.416 e. The van der Waals surface area contributed by atoms with E-state index in [1.165, 1.54) is 6.07 Å². The monoisotopic (exact) mass is 408 g/mol. The second kappa shape index (κ2) is 8.34. The molecule has 0 aliphatic carbocycles. The molecule has 8 heteroatoms. The molecule has 2 heterocycles. The number of benzene rings is 1. The van der Waals surface area contributed by atoms with E-state index in [-0.39, 0.29) is 6.04 Å². The van der Waals surface area contributed by atoms with Crippen LogP contribution in [0, 0.1) is 13.8 Å². The predicted octanol–water partition coefficient (Wildman–Crippen LogP) is 4.99. The Morgan fingerprint density at radius 1 is 1.21 bits per heavy atom. The van der Waals surface area contributed by atoms with Gasteiger partial charge < -0.3 is 15.5 Å². The quantitative estimate of drug-likeness (QED) is 0.700. The second-order valence-electron chi connectivity index (χ2n) is 7.11. The van der Waals surface area contributed by atoms with Gasteiger partial charge in [0.1, 0.15) is 5.82 Å². The van der Waals surface area contributed by atoms with Crippen LogP contribution in [0.2, 0.25) is 0 Å². The van der Waals surface area contributed by atoms with E-state index in [4.69, 9.17) is 12.2 Å². The summed E-state index contributed by atoms with van der Waals surface area (Å²) < 4.78 is 38.7. The van der Waals surface area contributed by atoms with Crippen molar-refractivity contribution in [1.82, 2.24) is 9.88 Å². The highest BCUT2D eigenvalue weighted by Crippen LogP contribution is 2.31. The second-order valence-corrected chi connectivity index (χ2v) is 7.50. The number of anilines is 2. The smallest absolute Gasteiger partial charge is 0.381 e. The molecule has 1 aliphatic heterocycles. The van der Waals surface area contributed by atoms with Gasteiger partial charge in [-0.15, -0.1) is 0 Å². The lowest BCUT2D eigenvalue weighted by molar-refractivity contribution is -0.137. The van der Waals surface area contributed by atoms with Gasteiger partial charge in [-0.1, -0.05) is 6.07 Å². The van der Waals surface area contributed by atoms with E-state index < -0.39 is 11.7 Å². The Morgan fingerprint density at radius 2 is 2.00 bits per heavy atom. The topological polar surface area (TPSA) is 40.2 Å². The number of piperidine rings is 1. The van der Waals surface area contributed by atoms with Crippen molar-refractivity contribution in [1.29, 1.82) is 0 Å². The zero-order valence-corrected chi connectivity index (χ0v) is 16.6. The van der Waals surface area contributed by atoms with E-state index in [0.717, 1.165) is 42.8 Å². The minimum absolute atomic E-state index is 0.0178. The fourth-order valence-electron chi connectivity index (χ4n) is 3.39. The summed E-state index contributed by atoms with van der Waals surface area (Å²) in [5.74, 6) is 0.704. The number of aryl methyl sites for hydroxylation is 2. The highest BCUT2D eigenvalue weighted by molar-refractivity contribution is 7.80. The molecule has 0 saturated carbocycles. The van der Waals surface area contributed by atoms with Gasteiger partial charge in [0, 0.05) is 30.5 Å². The summed E-state index contributed by atoms with van der Waals surface area (Å²) in [5, 5.41) is 6.97. The van der Waals surface area contributed by atoms with Crippen molar-refractivity contribution in [2.75, 3.05) is 23.7 Å². The maximum absolute atomic E-state index is 12.9. The average Bonchev–Trinajstić information content (AvgIpc) is 2.60. The fourth-order valence-corrected chi connectivity index (χ4v) is 3.66. The van der Waals surface area contributed by atoms with Crippen LogP contribution in [0.15, 0.2) is 36.4 Å². The summed E-state index contributed by atoms with van der Waals surface area (Å²) in [6.07, 6.45) is -2.57. The Balaban J connectivity index is 1.63. The maximum Gasteiger partial charge on any atom is 0.416 e. The molecule has 1 aromatic carbocycles. The van der Waals surface area contributed by atoms with Crippen LogP contribution in [0.5, 0.6) is 0 Å². The normalized spacial score (nSPS) is 17.3. The summed E-state index contributed by atoms with van der Waals surface area (Å²) in [7, 11) is 0. The molecule has 150 valence electrons. The summed E-state index contributed by atoms with van der Waals surface area (Å²) >= 11 is 5.53. The third-order valence-electron chi connectivity index (χ3n) is 4.60. The number of nitrogens with one attached hydrogen (secondary N) is 2. The van der Waals surface area contributed by atoms with E-state index in [1.54, 1.807) is 6.07 Å². The number of thiocarbonyl (C=S) groups is 1. The van der Waals surface area contributed by atoms with Crippen LogP contribution in [-0.4, -0.2) is 34.1 Å². The third-order valence-corrected chi connectivity index (χ3v) is 4.96. The number of hydrogen-bond donors (Lipinski definition) is 2. The van der Waals surface area contributed by atoms with Crippen molar-refractivity contribution >= 4 is 28.8 Å². The van der Waals surface area contributed by atoms with Gasteiger partial charge in [0.05, 0.1) is 5.56 Å². The molecule has 0 bridgehead atoms. The molecular formula is C20H23F3N4S.